The van der Waals surface area contributed by atoms with E-state index in [1.54, 1.807) is 6.07 Å². The van der Waals surface area contributed by atoms with E-state index in [9.17, 15) is 10.1 Å². The number of hydrogen-bond acceptors (Lipinski definition) is 3. The van der Waals surface area contributed by atoms with Crippen LogP contribution >= 0.6 is 23.2 Å². The lowest BCUT2D eigenvalue weighted by molar-refractivity contribution is -0.384. The van der Waals surface area contributed by atoms with E-state index in [1.165, 1.54) is 12.1 Å². The molecule has 0 aromatic heterocycles. The van der Waals surface area contributed by atoms with Crippen molar-refractivity contribution in [3.05, 3.63) is 67.7 Å². The van der Waals surface area contributed by atoms with Crippen molar-refractivity contribution in [2.75, 3.05) is 5.32 Å². The van der Waals surface area contributed by atoms with E-state index in [1.807, 2.05) is 25.1 Å². The van der Waals surface area contributed by atoms with E-state index in [4.69, 9.17) is 23.2 Å². The molecule has 0 aliphatic rings. The van der Waals surface area contributed by atoms with Gasteiger partial charge in [-0.05, 0) is 36.2 Å². The van der Waals surface area contributed by atoms with Crippen molar-refractivity contribution < 1.29 is 4.92 Å². The highest BCUT2D eigenvalue weighted by Gasteiger charge is 2.12. The number of hydrogen-bond donors (Lipinski definition) is 1. The Labute approximate surface area is 126 Å². The fourth-order valence-corrected chi connectivity index (χ4v) is 2.15. The maximum atomic E-state index is 10.8. The summed E-state index contributed by atoms with van der Waals surface area (Å²) in [6.07, 6.45) is 0. The molecule has 0 fully saturated rings. The van der Waals surface area contributed by atoms with Gasteiger partial charge >= 0.3 is 0 Å². The first-order valence-corrected chi connectivity index (χ1v) is 6.66. The minimum atomic E-state index is -0.495. The zero-order chi connectivity index (χ0) is 14.7. The lowest BCUT2D eigenvalue weighted by Crippen LogP contribution is -2.01. The average molecular weight is 311 g/mol. The summed E-state index contributed by atoms with van der Waals surface area (Å²) in [5, 5.41) is 14.7. The van der Waals surface area contributed by atoms with Crippen LogP contribution in [0.5, 0.6) is 0 Å². The molecular weight excluding hydrogens is 299 g/mol. The molecule has 0 aliphatic heterocycles. The van der Waals surface area contributed by atoms with E-state index >= 15 is 0 Å². The van der Waals surface area contributed by atoms with Gasteiger partial charge in [-0.2, -0.15) is 0 Å². The Morgan fingerprint density at radius 1 is 1.15 bits per heavy atom. The van der Waals surface area contributed by atoms with Crippen LogP contribution in [0.3, 0.4) is 0 Å². The lowest BCUT2D eigenvalue weighted by atomic mass is 10.2. The number of nitrogens with one attached hydrogen (secondary N) is 1. The van der Waals surface area contributed by atoms with Crippen molar-refractivity contribution in [2.24, 2.45) is 0 Å². The van der Waals surface area contributed by atoms with E-state index in [0.29, 0.717) is 11.6 Å². The minimum absolute atomic E-state index is 0.0960. The number of aryl methyl sites for hydroxylation is 1. The van der Waals surface area contributed by atoms with Gasteiger partial charge in [0.05, 0.1) is 15.6 Å². The standard InChI is InChI=1S/C14H12Cl2N2O2/c1-9-2-4-11(15)13(6-9)17-8-10-3-5-12(16)14(7-10)18(19)20/h2-7,17H,8H2,1H3. The Morgan fingerprint density at radius 3 is 2.55 bits per heavy atom. The molecule has 104 valence electrons. The van der Waals surface area contributed by atoms with Gasteiger partial charge < -0.3 is 5.32 Å². The number of nitro benzene ring substituents is 1. The van der Waals surface area contributed by atoms with Crippen LogP contribution in [0.2, 0.25) is 10.0 Å². The number of anilines is 1. The molecule has 20 heavy (non-hydrogen) atoms. The summed E-state index contributed by atoms with van der Waals surface area (Å²) in [6.45, 7) is 2.40. The molecule has 0 heterocycles. The van der Waals surface area contributed by atoms with Crippen LogP contribution in [0.1, 0.15) is 11.1 Å². The van der Waals surface area contributed by atoms with Crippen LogP contribution in [0.4, 0.5) is 11.4 Å². The van der Waals surface area contributed by atoms with Crippen LogP contribution in [-0.2, 0) is 6.54 Å². The van der Waals surface area contributed by atoms with Crippen molar-refractivity contribution in [3.8, 4) is 0 Å². The quantitative estimate of drug-likeness (QED) is 0.650. The van der Waals surface area contributed by atoms with Crippen LogP contribution < -0.4 is 5.32 Å². The second-order valence-corrected chi connectivity index (χ2v) is 5.19. The molecule has 0 unspecified atom stereocenters. The molecule has 2 rings (SSSR count). The summed E-state index contributed by atoms with van der Waals surface area (Å²) in [5.41, 5.74) is 2.54. The third-order valence-electron chi connectivity index (χ3n) is 2.81. The highest BCUT2D eigenvalue weighted by atomic mass is 35.5. The Morgan fingerprint density at radius 2 is 1.85 bits per heavy atom. The van der Waals surface area contributed by atoms with Crippen LogP contribution in [-0.4, -0.2) is 4.92 Å². The summed E-state index contributed by atoms with van der Waals surface area (Å²) < 4.78 is 0. The molecule has 0 spiro atoms. The van der Waals surface area contributed by atoms with Crippen molar-refractivity contribution in [3.63, 3.8) is 0 Å². The Hall–Kier alpha value is -1.78. The summed E-state index contributed by atoms with van der Waals surface area (Å²) in [4.78, 5) is 10.3. The maximum absolute atomic E-state index is 10.8. The van der Waals surface area contributed by atoms with Gasteiger partial charge in [-0.25, -0.2) is 0 Å². The van der Waals surface area contributed by atoms with Crippen LogP contribution in [0.25, 0.3) is 0 Å². The Balaban J connectivity index is 2.17. The molecule has 0 saturated carbocycles. The Bertz CT molecular complexity index is 660. The Kier molecular flexibility index (Phi) is 4.47. The predicted octanol–water partition coefficient (Wildman–Crippen LogP) is 4.82. The summed E-state index contributed by atoms with van der Waals surface area (Å²) in [6, 6.07) is 10.4. The number of halogens is 2. The molecule has 0 aliphatic carbocycles. The van der Waals surface area contributed by atoms with Crippen molar-refractivity contribution in [1.29, 1.82) is 0 Å². The average Bonchev–Trinajstić information content (AvgIpc) is 2.41. The lowest BCUT2D eigenvalue weighted by Gasteiger charge is -2.09. The third-order valence-corrected chi connectivity index (χ3v) is 3.46. The summed E-state index contributed by atoms with van der Waals surface area (Å²) >= 11 is 11.8. The van der Waals surface area contributed by atoms with E-state index in [0.717, 1.165) is 16.8 Å². The van der Waals surface area contributed by atoms with Gasteiger partial charge in [-0.3, -0.25) is 10.1 Å². The van der Waals surface area contributed by atoms with Crippen molar-refractivity contribution in [1.82, 2.24) is 0 Å². The maximum Gasteiger partial charge on any atom is 0.288 e. The monoisotopic (exact) mass is 310 g/mol. The SMILES string of the molecule is Cc1ccc(Cl)c(NCc2ccc(Cl)c([N+](=O)[O-])c2)c1. The minimum Gasteiger partial charge on any atom is -0.380 e. The highest BCUT2D eigenvalue weighted by Crippen LogP contribution is 2.27. The largest absolute Gasteiger partial charge is 0.380 e. The molecule has 0 amide bonds. The van der Waals surface area contributed by atoms with E-state index in [2.05, 4.69) is 5.32 Å². The molecule has 0 bridgehead atoms. The number of benzene rings is 2. The molecular formula is C14H12Cl2N2O2. The van der Waals surface area contributed by atoms with Gasteiger partial charge in [0.2, 0.25) is 0 Å². The molecule has 1 N–H and O–H groups in total. The van der Waals surface area contributed by atoms with E-state index in [-0.39, 0.29) is 10.7 Å². The predicted molar refractivity (Wildman–Crippen MR) is 81.6 cm³/mol. The second-order valence-electron chi connectivity index (χ2n) is 4.38. The van der Waals surface area contributed by atoms with Gasteiger partial charge in [0.15, 0.2) is 0 Å². The summed E-state index contributed by atoms with van der Waals surface area (Å²) in [5.74, 6) is 0. The van der Waals surface area contributed by atoms with Crippen molar-refractivity contribution in [2.45, 2.75) is 13.5 Å². The molecule has 0 saturated heterocycles. The number of nitro groups is 1. The van der Waals surface area contributed by atoms with Crippen LogP contribution in [0, 0.1) is 17.0 Å². The van der Waals surface area contributed by atoms with Gasteiger partial charge in [0.25, 0.3) is 5.69 Å². The normalized spacial score (nSPS) is 10.3. The number of rotatable bonds is 4. The molecule has 2 aromatic carbocycles. The summed E-state index contributed by atoms with van der Waals surface area (Å²) in [7, 11) is 0. The second kappa shape index (κ2) is 6.11. The topological polar surface area (TPSA) is 55.2 Å². The molecule has 4 nitrogen and oxygen atoms in total. The first-order valence-electron chi connectivity index (χ1n) is 5.90. The van der Waals surface area contributed by atoms with Gasteiger partial charge in [-0.1, -0.05) is 35.3 Å². The molecule has 2 aromatic rings. The molecule has 0 radical (unpaired) electrons. The fraction of sp³-hybridized carbons (Fsp3) is 0.143. The van der Waals surface area contributed by atoms with Gasteiger partial charge in [0, 0.05) is 12.6 Å². The zero-order valence-corrected chi connectivity index (χ0v) is 12.2. The fourth-order valence-electron chi connectivity index (χ4n) is 1.78. The zero-order valence-electron chi connectivity index (χ0n) is 10.7. The number of nitrogens with zero attached hydrogens (tertiary/aromatic N) is 1. The van der Waals surface area contributed by atoms with Gasteiger partial charge in [0.1, 0.15) is 5.02 Å². The first-order chi connectivity index (χ1) is 9.47. The first kappa shape index (κ1) is 14.6. The van der Waals surface area contributed by atoms with Gasteiger partial charge in [-0.15, -0.1) is 0 Å². The van der Waals surface area contributed by atoms with E-state index < -0.39 is 4.92 Å². The smallest absolute Gasteiger partial charge is 0.288 e. The third kappa shape index (κ3) is 3.40. The van der Waals surface area contributed by atoms with Crippen molar-refractivity contribution >= 4 is 34.6 Å². The molecule has 6 heteroatoms. The highest BCUT2D eigenvalue weighted by molar-refractivity contribution is 6.33. The molecule has 0 atom stereocenters. The van der Waals surface area contributed by atoms with Crippen LogP contribution in [0.15, 0.2) is 36.4 Å².